The molecule has 19 nitrogen and oxygen atoms in total. The van der Waals surface area contributed by atoms with Gasteiger partial charge in [0.05, 0.1) is 0 Å². The van der Waals surface area contributed by atoms with Crippen molar-refractivity contribution in [3.8, 4) is 33.4 Å². The number of hydrogen-bond donors (Lipinski definition) is 3. The Morgan fingerprint density at radius 2 is 0.819 bits per heavy atom. The van der Waals surface area contributed by atoms with E-state index in [1.165, 1.54) is 12.5 Å². The van der Waals surface area contributed by atoms with Gasteiger partial charge < -0.3 is 25.4 Å². The molecule has 0 saturated carbocycles. The zero-order valence-corrected chi connectivity index (χ0v) is 62.1. The van der Waals surface area contributed by atoms with Gasteiger partial charge in [0.15, 0.2) is 17.3 Å². The predicted molar refractivity (Wildman–Crippen MR) is 403 cm³/mol. The van der Waals surface area contributed by atoms with E-state index in [0.717, 1.165) is 185 Å². The number of imide groups is 1. The summed E-state index contributed by atoms with van der Waals surface area (Å²) in [5, 5.41) is 9.19. The van der Waals surface area contributed by atoms with Crippen molar-refractivity contribution in [2.75, 3.05) is 32.8 Å². The fraction of sp³-hybridized carbons (Fsp3) is 0.430. The Morgan fingerprint density at radius 1 is 0.438 bits per heavy atom. The van der Waals surface area contributed by atoms with E-state index >= 15 is 0 Å². The van der Waals surface area contributed by atoms with Crippen molar-refractivity contribution in [1.29, 1.82) is 0 Å². The summed E-state index contributed by atoms with van der Waals surface area (Å²) in [6.07, 6.45) is 15.1. The molecular weight excluding hydrogens is 1330 g/mol. The molecule has 105 heavy (non-hydrogen) atoms. The number of carbonyl (C=O) groups excluding carboxylic acids is 12. The molecule has 1 heterocycles. The zero-order chi connectivity index (χ0) is 76.0. The minimum Gasteiger partial charge on any atom is -0.465 e. The van der Waals surface area contributed by atoms with Crippen LogP contribution < -0.4 is 16.0 Å². The fourth-order valence-electron chi connectivity index (χ4n) is 13.7. The van der Waals surface area contributed by atoms with Crippen molar-refractivity contribution in [2.45, 2.75) is 208 Å². The number of unbranched alkanes of at least 4 members (excludes halogenated alkanes) is 3. The zero-order valence-electron chi connectivity index (χ0n) is 62.1. The minimum atomic E-state index is -1.14. The standard InChI is InChI=1S/C31H36N2O7.C28H35NO4.C26H31NO2.CO2/c1-3-5-11-26(34)23-10-7-9-21-25(19-39-31(38)40-33-28(36)15-16-29(33)37)24-18-20(13-14-22(24)30(21)23)8-6-12-27(35)32-17-4-2;1-4-6-12-26(31)23-11-8-10-21-25(18-33-19(3)30)24-17-20(14-15-22(24)28(21)23)9-7-13-27(32)29-16-5-2;1-4-6-12-24(28)22-11-8-10-20-18(3)23-17-19(14-15-21(23)26(20)22)9-7-13-25(29)27-16-5-2;2-1-3/h7,9-10,13-14,18,25H,3-6,8,11-12,15-17,19H2,1-2H3,(H,32,35);8,10-11,14-15,17,25H,4-7,9,12-13,16,18H2,1-3H3,(H,29,32);8,10-11,14-15,17H,3-7,9,12-13,16H2,1-2H3,(H,27,29);. The van der Waals surface area contributed by atoms with E-state index < -0.39 is 18.0 Å². The lowest BCUT2D eigenvalue weighted by Gasteiger charge is -2.17. The smallest absolute Gasteiger partial charge is 0.465 e. The van der Waals surface area contributed by atoms with Gasteiger partial charge in [-0.05, 0) is 161 Å². The topological polar surface area (TPSA) is 272 Å². The van der Waals surface area contributed by atoms with Crippen molar-refractivity contribution in [3.05, 3.63) is 183 Å². The third-order valence-corrected chi connectivity index (χ3v) is 19.0. The molecule has 1 saturated heterocycles. The minimum absolute atomic E-state index is 0.00658. The largest absolute Gasteiger partial charge is 0.533 e. The number of ketones is 3. The Labute approximate surface area is 617 Å². The number of amides is 5. The van der Waals surface area contributed by atoms with Crippen LogP contribution in [0, 0.1) is 0 Å². The van der Waals surface area contributed by atoms with Crippen LogP contribution in [0.2, 0.25) is 0 Å². The fourth-order valence-corrected chi connectivity index (χ4v) is 13.7. The highest BCUT2D eigenvalue weighted by Crippen LogP contribution is 2.50. The summed E-state index contributed by atoms with van der Waals surface area (Å²) in [5.74, 6) is -1.24. The van der Waals surface area contributed by atoms with E-state index in [2.05, 4.69) is 85.8 Å². The van der Waals surface area contributed by atoms with Gasteiger partial charge in [-0.25, -0.2) is 4.79 Å². The van der Waals surface area contributed by atoms with Crippen molar-refractivity contribution in [1.82, 2.24) is 21.0 Å². The van der Waals surface area contributed by atoms with Crippen molar-refractivity contribution >= 4 is 70.7 Å². The maximum atomic E-state index is 13.1. The maximum absolute atomic E-state index is 13.1. The second kappa shape index (κ2) is 41.9. The van der Waals surface area contributed by atoms with E-state index in [1.54, 1.807) is 0 Å². The molecule has 6 aromatic carbocycles. The molecule has 0 aromatic heterocycles. The van der Waals surface area contributed by atoms with Crippen molar-refractivity contribution in [3.63, 3.8) is 0 Å². The maximum Gasteiger partial charge on any atom is 0.533 e. The molecule has 2 unspecified atom stereocenters. The molecule has 6 aromatic rings. The first-order chi connectivity index (χ1) is 50.8. The highest BCUT2D eigenvalue weighted by molar-refractivity contribution is 6.11. The Hall–Kier alpha value is -10.3. The van der Waals surface area contributed by atoms with Gasteiger partial charge in [0, 0.05) is 112 Å². The first-order valence-corrected chi connectivity index (χ1v) is 37.5. The summed E-state index contributed by atoms with van der Waals surface area (Å²) in [6, 6.07) is 36.3. The van der Waals surface area contributed by atoms with Crippen molar-refractivity contribution in [2.24, 2.45) is 0 Å². The number of benzene rings is 6. The number of esters is 1. The Bertz CT molecular complexity index is 4150. The number of carbonyl (C=O) groups is 10. The second-order valence-electron chi connectivity index (χ2n) is 26.9. The Morgan fingerprint density at radius 3 is 1.22 bits per heavy atom. The highest BCUT2D eigenvalue weighted by atomic mass is 16.8. The molecule has 0 spiro atoms. The van der Waals surface area contributed by atoms with Gasteiger partial charge in [0.1, 0.15) is 13.2 Å². The van der Waals surface area contributed by atoms with Crippen LogP contribution in [-0.4, -0.2) is 103 Å². The average molecular weight is 1430 g/mol. The summed E-state index contributed by atoms with van der Waals surface area (Å²) >= 11 is 0. The Kier molecular flexibility index (Phi) is 32.7. The van der Waals surface area contributed by atoms with E-state index in [-0.39, 0.29) is 85.1 Å². The number of hydrogen-bond acceptors (Lipinski definition) is 15. The number of nitrogens with one attached hydrogen (secondary N) is 3. The molecule has 3 N–H and O–H groups in total. The predicted octanol–water partition coefficient (Wildman–Crippen LogP) is 16.2. The summed E-state index contributed by atoms with van der Waals surface area (Å²) in [4.78, 5) is 143. The van der Waals surface area contributed by atoms with Gasteiger partial charge in [-0.3, -0.25) is 48.0 Å². The summed E-state index contributed by atoms with van der Waals surface area (Å²) < 4.78 is 10.8. The lowest BCUT2D eigenvalue weighted by Crippen LogP contribution is -2.32. The summed E-state index contributed by atoms with van der Waals surface area (Å²) in [5.41, 5.74) is 18.6. The molecule has 3 aliphatic carbocycles. The van der Waals surface area contributed by atoms with E-state index in [0.29, 0.717) is 75.1 Å². The van der Waals surface area contributed by atoms with Gasteiger partial charge in [-0.15, -0.1) is 0 Å². The molecule has 1 fully saturated rings. The molecule has 0 bridgehead atoms. The van der Waals surface area contributed by atoms with Gasteiger partial charge in [-0.2, -0.15) is 9.59 Å². The molecule has 0 radical (unpaired) electrons. The third kappa shape index (κ3) is 22.4. The quantitative estimate of drug-likeness (QED) is 0.0189. The number of fused-ring (bicyclic) bond motifs is 9. The summed E-state index contributed by atoms with van der Waals surface area (Å²) in [7, 11) is 0. The Balaban J connectivity index is 0.000000219. The van der Waals surface area contributed by atoms with Gasteiger partial charge >= 0.3 is 18.3 Å². The molecule has 4 aliphatic rings. The van der Waals surface area contributed by atoms with Crippen LogP contribution in [0.5, 0.6) is 0 Å². The van der Waals surface area contributed by atoms with Gasteiger partial charge in [0.25, 0.3) is 11.8 Å². The van der Waals surface area contributed by atoms with E-state index in [1.807, 2.05) is 87.5 Å². The monoisotopic (exact) mass is 1430 g/mol. The lowest BCUT2D eigenvalue weighted by atomic mass is 9.93. The number of aryl methyl sites for hydroxylation is 3. The number of ether oxygens (including phenoxy) is 2. The van der Waals surface area contributed by atoms with Crippen LogP contribution in [0.3, 0.4) is 0 Å². The molecule has 10 rings (SSSR count). The molecule has 5 amide bonds. The average Bonchev–Trinajstić information content (AvgIpc) is 1.61. The number of Topliss-reactive ketones (excluding diaryl/α,β-unsaturated/α-hetero) is 3. The molecule has 556 valence electrons. The van der Waals surface area contributed by atoms with Crippen LogP contribution in [0.25, 0.3) is 39.0 Å². The molecular formula is C86H102N4O15. The van der Waals surface area contributed by atoms with Gasteiger partial charge in [-0.1, -0.05) is 182 Å². The number of hydroxylamine groups is 2. The SMILES string of the molecule is C=C1c2cc(CCCC(=O)NCCC)ccc2-c2c1cccc2C(=O)CCCC.CCCCC(=O)c1cccc2c1-c1ccc(CCCC(=O)NCCC)cc1C2COC(=O)ON1C(=O)CCC1=O.CCCCC(=O)c1cccc2c1-c1ccc(CCCC(=O)NCCC)cc1C2COC(C)=O.O=C=O. The van der Waals surface area contributed by atoms with Crippen molar-refractivity contribution < 1.29 is 71.8 Å². The normalized spacial score (nSPS) is 13.6. The van der Waals surface area contributed by atoms with Crippen LogP contribution in [0.15, 0.2) is 116 Å². The first kappa shape index (κ1) is 82.0. The second-order valence-corrected chi connectivity index (χ2v) is 26.9. The van der Waals surface area contributed by atoms with Gasteiger partial charge in [0.2, 0.25) is 17.7 Å². The van der Waals surface area contributed by atoms with Crippen LogP contribution in [0.4, 0.5) is 4.79 Å². The molecule has 2 atom stereocenters. The summed E-state index contributed by atoms with van der Waals surface area (Å²) in [6.45, 7) is 20.4. The van der Waals surface area contributed by atoms with Crippen LogP contribution >= 0.6 is 0 Å². The third-order valence-electron chi connectivity index (χ3n) is 19.0. The molecule has 1 aliphatic heterocycles. The van der Waals surface area contributed by atoms with Crippen LogP contribution in [0.1, 0.15) is 270 Å². The van der Waals surface area contributed by atoms with E-state index in [4.69, 9.17) is 23.9 Å². The van der Waals surface area contributed by atoms with E-state index in [9.17, 15) is 47.9 Å². The number of nitrogens with zero attached hydrogens (tertiary/aromatic N) is 1. The number of rotatable bonds is 35. The molecule has 19 heteroatoms. The first-order valence-electron chi connectivity index (χ1n) is 37.5. The lowest BCUT2D eigenvalue weighted by molar-refractivity contribution is -0.192. The van der Waals surface area contributed by atoms with Crippen LogP contribution in [-0.2, 0) is 71.9 Å². The highest BCUT2D eigenvalue weighted by Gasteiger charge is 2.37.